The molecule has 0 unspecified atom stereocenters. The van der Waals surface area contributed by atoms with Crippen molar-refractivity contribution in [2.24, 2.45) is 0 Å². The minimum atomic E-state index is -0.786. The SMILES string of the molecule is CC/C=C/NC(C)(C)O. The number of aliphatic hydroxyl groups is 1. The summed E-state index contributed by atoms with van der Waals surface area (Å²) in [5.74, 6) is 0. The largest absolute Gasteiger partial charge is 0.372 e. The number of hydrogen-bond donors (Lipinski definition) is 2. The topological polar surface area (TPSA) is 32.3 Å². The predicted octanol–water partition coefficient (Wildman–Crippen LogP) is 1.23. The fourth-order valence-corrected chi connectivity index (χ4v) is 0.381. The van der Waals surface area contributed by atoms with Crippen LogP contribution in [0.2, 0.25) is 0 Å². The van der Waals surface area contributed by atoms with Gasteiger partial charge in [0.15, 0.2) is 0 Å². The Kier molecular flexibility index (Phi) is 3.32. The Bertz CT molecular complexity index is 91.6. The second kappa shape index (κ2) is 3.51. The number of allylic oxidation sites excluding steroid dienone is 1. The highest BCUT2D eigenvalue weighted by Crippen LogP contribution is 1.93. The molecule has 0 bridgehead atoms. The molecule has 9 heavy (non-hydrogen) atoms. The summed E-state index contributed by atoms with van der Waals surface area (Å²) in [6.07, 6.45) is 4.71. The van der Waals surface area contributed by atoms with Gasteiger partial charge in [0.2, 0.25) is 0 Å². The van der Waals surface area contributed by atoms with Crippen molar-refractivity contribution in [2.45, 2.75) is 32.9 Å². The van der Waals surface area contributed by atoms with E-state index < -0.39 is 5.72 Å². The van der Waals surface area contributed by atoms with Crippen molar-refractivity contribution < 1.29 is 5.11 Å². The average Bonchev–Trinajstić information content (AvgIpc) is 1.63. The molecule has 0 aliphatic carbocycles. The third-order valence-electron chi connectivity index (χ3n) is 0.790. The molecule has 0 radical (unpaired) electrons. The Morgan fingerprint density at radius 2 is 2.11 bits per heavy atom. The quantitative estimate of drug-likeness (QED) is 0.562. The van der Waals surface area contributed by atoms with E-state index in [1.807, 2.05) is 13.0 Å². The van der Waals surface area contributed by atoms with Crippen molar-refractivity contribution in [3.63, 3.8) is 0 Å². The molecule has 0 atom stereocenters. The minimum Gasteiger partial charge on any atom is -0.372 e. The fourth-order valence-electron chi connectivity index (χ4n) is 0.381. The highest BCUT2D eigenvalue weighted by atomic mass is 16.3. The molecule has 0 saturated heterocycles. The molecule has 0 rings (SSSR count). The summed E-state index contributed by atoms with van der Waals surface area (Å²) in [4.78, 5) is 0. The lowest BCUT2D eigenvalue weighted by Gasteiger charge is -2.16. The Morgan fingerprint density at radius 3 is 2.44 bits per heavy atom. The summed E-state index contributed by atoms with van der Waals surface area (Å²) in [5, 5.41) is 11.9. The van der Waals surface area contributed by atoms with Gasteiger partial charge in [-0.05, 0) is 26.5 Å². The Balaban J connectivity index is 3.38. The van der Waals surface area contributed by atoms with Crippen LogP contribution in [0, 0.1) is 0 Å². The molecular formula is C7H15NO. The highest BCUT2D eigenvalue weighted by molar-refractivity contribution is 4.81. The van der Waals surface area contributed by atoms with Gasteiger partial charge in [0.25, 0.3) is 0 Å². The molecule has 0 aromatic heterocycles. The molecule has 54 valence electrons. The van der Waals surface area contributed by atoms with Crippen molar-refractivity contribution in [1.29, 1.82) is 0 Å². The van der Waals surface area contributed by atoms with E-state index in [1.165, 1.54) is 0 Å². The molecule has 0 amide bonds. The summed E-state index contributed by atoms with van der Waals surface area (Å²) >= 11 is 0. The molecule has 0 aromatic carbocycles. The van der Waals surface area contributed by atoms with E-state index in [0.717, 1.165) is 6.42 Å². The maximum absolute atomic E-state index is 9.08. The van der Waals surface area contributed by atoms with E-state index in [9.17, 15) is 0 Å². The van der Waals surface area contributed by atoms with Crippen LogP contribution in [0.25, 0.3) is 0 Å². The van der Waals surface area contributed by atoms with E-state index in [4.69, 9.17) is 5.11 Å². The van der Waals surface area contributed by atoms with Crippen LogP contribution in [0.5, 0.6) is 0 Å². The number of nitrogens with one attached hydrogen (secondary N) is 1. The van der Waals surface area contributed by atoms with Gasteiger partial charge in [-0.15, -0.1) is 0 Å². The van der Waals surface area contributed by atoms with Crippen molar-refractivity contribution in [3.05, 3.63) is 12.3 Å². The van der Waals surface area contributed by atoms with Crippen LogP contribution in [-0.4, -0.2) is 10.8 Å². The molecule has 0 aromatic rings. The highest BCUT2D eigenvalue weighted by Gasteiger charge is 2.06. The zero-order valence-corrected chi connectivity index (χ0v) is 6.31. The molecule has 2 nitrogen and oxygen atoms in total. The summed E-state index contributed by atoms with van der Waals surface area (Å²) in [6.45, 7) is 5.45. The first-order valence-corrected chi connectivity index (χ1v) is 3.21. The molecule has 0 fully saturated rings. The van der Waals surface area contributed by atoms with Crippen LogP contribution in [-0.2, 0) is 0 Å². The molecule has 2 heteroatoms. The van der Waals surface area contributed by atoms with Crippen LogP contribution in [0.1, 0.15) is 27.2 Å². The maximum Gasteiger partial charge on any atom is 0.129 e. The van der Waals surface area contributed by atoms with E-state index in [2.05, 4.69) is 5.32 Å². The van der Waals surface area contributed by atoms with Gasteiger partial charge in [0.1, 0.15) is 5.72 Å². The molecule has 0 aliphatic rings. The molecule has 0 saturated carbocycles. The lowest BCUT2D eigenvalue weighted by atomic mass is 10.3. The van der Waals surface area contributed by atoms with Crippen LogP contribution in [0.15, 0.2) is 12.3 Å². The van der Waals surface area contributed by atoms with Crippen LogP contribution in [0.4, 0.5) is 0 Å². The van der Waals surface area contributed by atoms with Gasteiger partial charge >= 0.3 is 0 Å². The minimum absolute atomic E-state index is 0.786. The van der Waals surface area contributed by atoms with Crippen molar-refractivity contribution >= 4 is 0 Å². The van der Waals surface area contributed by atoms with Gasteiger partial charge < -0.3 is 10.4 Å². The van der Waals surface area contributed by atoms with Gasteiger partial charge in [-0.2, -0.15) is 0 Å². The first-order chi connectivity index (χ1) is 4.06. The van der Waals surface area contributed by atoms with Crippen molar-refractivity contribution in [1.82, 2.24) is 5.32 Å². The zero-order valence-electron chi connectivity index (χ0n) is 6.31. The summed E-state index contributed by atoms with van der Waals surface area (Å²) < 4.78 is 0. The van der Waals surface area contributed by atoms with E-state index in [1.54, 1.807) is 20.0 Å². The van der Waals surface area contributed by atoms with Crippen LogP contribution >= 0.6 is 0 Å². The second-order valence-electron chi connectivity index (χ2n) is 2.51. The standard InChI is InChI=1S/C7H15NO/c1-4-5-6-8-7(2,3)9/h5-6,8-9H,4H2,1-3H3/b6-5+. The smallest absolute Gasteiger partial charge is 0.129 e. The Labute approximate surface area is 56.6 Å². The zero-order chi connectivity index (χ0) is 7.33. The summed E-state index contributed by atoms with van der Waals surface area (Å²) in [5.41, 5.74) is -0.786. The molecule has 2 N–H and O–H groups in total. The third kappa shape index (κ3) is 7.50. The second-order valence-corrected chi connectivity index (χ2v) is 2.51. The number of hydrogen-bond acceptors (Lipinski definition) is 2. The van der Waals surface area contributed by atoms with Gasteiger partial charge in [0.05, 0.1) is 0 Å². The maximum atomic E-state index is 9.08. The van der Waals surface area contributed by atoms with E-state index >= 15 is 0 Å². The normalized spacial score (nSPS) is 12.4. The summed E-state index contributed by atoms with van der Waals surface area (Å²) in [7, 11) is 0. The van der Waals surface area contributed by atoms with Gasteiger partial charge in [-0.25, -0.2) is 0 Å². The first kappa shape index (κ1) is 8.50. The first-order valence-electron chi connectivity index (χ1n) is 3.21. The van der Waals surface area contributed by atoms with Crippen molar-refractivity contribution in [3.8, 4) is 0 Å². The van der Waals surface area contributed by atoms with E-state index in [-0.39, 0.29) is 0 Å². The fraction of sp³-hybridized carbons (Fsp3) is 0.714. The third-order valence-corrected chi connectivity index (χ3v) is 0.790. The molecular weight excluding hydrogens is 114 g/mol. The van der Waals surface area contributed by atoms with Crippen molar-refractivity contribution in [2.75, 3.05) is 0 Å². The van der Waals surface area contributed by atoms with Crippen LogP contribution < -0.4 is 5.32 Å². The van der Waals surface area contributed by atoms with E-state index in [0.29, 0.717) is 0 Å². The Hall–Kier alpha value is -0.500. The molecule has 0 spiro atoms. The van der Waals surface area contributed by atoms with Crippen LogP contribution in [0.3, 0.4) is 0 Å². The van der Waals surface area contributed by atoms with Gasteiger partial charge in [-0.1, -0.05) is 13.0 Å². The lowest BCUT2D eigenvalue weighted by molar-refractivity contribution is 0.0584. The monoisotopic (exact) mass is 129 g/mol. The van der Waals surface area contributed by atoms with Gasteiger partial charge in [-0.3, -0.25) is 0 Å². The molecule has 0 aliphatic heterocycles. The summed E-state index contributed by atoms with van der Waals surface area (Å²) in [6, 6.07) is 0. The number of rotatable bonds is 3. The predicted molar refractivity (Wildman–Crippen MR) is 38.9 cm³/mol. The Morgan fingerprint density at radius 1 is 1.56 bits per heavy atom. The average molecular weight is 129 g/mol. The molecule has 0 heterocycles. The lowest BCUT2D eigenvalue weighted by Crippen LogP contribution is -2.34. The van der Waals surface area contributed by atoms with Gasteiger partial charge in [0, 0.05) is 0 Å².